The van der Waals surface area contributed by atoms with E-state index in [2.05, 4.69) is 22.9 Å². The summed E-state index contributed by atoms with van der Waals surface area (Å²) in [5, 5.41) is 0.513. The fraction of sp³-hybridized carbons (Fsp3) is 0.538. The van der Waals surface area contributed by atoms with E-state index >= 15 is 0 Å². The van der Waals surface area contributed by atoms with Crippen molar-refractivity contribution in [2.75, 3.05) is 6.54 Å². The van der Waals surface area contributed by atoms with Crippen LogP contribution in [0.4, 0.5) is 0 Å². The third kappa shape index (κ3) is 2.99. The first kappa shape index (κ1) is 15.3. The summed E-state index contributed by atoms with van der Waals surface area (Å²) in [6, 6.07) is 4.78. The second kappa shape index (κ2) is 5.72. The predicted octanol–water partition coefficient (Wildman–Crippen LogP) is 3.91. The van der Waals surface area contributed by atoms with E-state index in [9.17, 15) is 8.42 Å². The maximum absolute atomic E-state index is 12.7. The van der Waals surface area contributed by atoms with Crippen molar-refractivity contribution < 1.29 is 8.42 Å². The molecule has 0 N–H and O–H groups in total. The van der Waals surface area contributed by atoms with Crippen molar-refractivity contribution in [1.29, 1.82) is 0 Å². The fourth-order valence-corrected chi connectivity index (χ4v) is 4.85. The Hall–Kier alpha value is -0.100. The minimum Gasteiger partial charge on any atom is -0.207 e. The quantitative estimate of drug-likeness (QED) is 0.795. The van der Waals surface area contributed by atoms with Crippen LogP contribution in [0.3, 0.4) is 0 Å². The van der Waals surface area contributed by atoms with Gasteiger partial charge < -0.3 is 0 Å². The first-order chi connectivity index (χ1) is 8.84. The van der Waals surface area contributed by atoms with E-state index in [1.165, 1.54) is 0 Å². The number of benzene rings is 1. The van der Waals surface area contributed by atoms with Crippen LogP contribution in [0.5, 0.6) is 0 Å². The van der Waals surface area contributed by atoms with Gasteiger partial charge in [0.05, 0.1) is 9.92 Å². The van der Waals surface area contributed by atoms with Crippen molar-refractivity contribution in [2.45, 2.75) is 37.6 Å². The van der Waals surface area contributed by atoms with E-state index in [-0.39, 0.29) is 6.04 Å². The molecule has 19 heavy (non-hydrogen) atoms. The minimum absolute atomic E-state index is 0.0354. The zero-order chi connectivity index (χ0) is 14.2. The SMILES string of the molecule is CC1CCCN(S(=O)(=O)c2ccc(Cl)c(Br)c2)C1C. The summed E-state index contributed by atoms with van der Waals surface area (Å²) < 4.78 is 27.6. The molecule has 3 nitrogen and oxygen atoms in total. The van der Waals surface area contributed by atoms with Crippen LogP contribution in [0.25, 0.3) is 0 Å². The fourth-order valence-electron chi connectivity index (χ4n) is 2.41. The minimum atomic E-state index is -3.44. The van der Waals surface area contributed by atoms with Gasteiger partial charge in [-0.3, -0.25) is 0 Å². The molecule has 0 saturated carbocycles. The van der Waals surface area contributed by atoms with E-state index in [0.717, 1.165) is 12.8 Å². The Morgan fingerprint density at radius 3 is 2.68 bits per heavy atom. The van der Waals surface area contributed by atoms with Crippen molar-refractivity contribution in [2.24, 2.45) is 5.92 Å². The largest absolute Gasteiger partial charge is 0.243 e. The first-order valence-corrected chi connectivity index (χ1v) is 8.92. The number of nitrogens with zero attached hydrogens (tertiary/aromatic N) is 1. The second-order valence-electron chi connectivity index (χ2n) is 5.05. The number of halogens is 2. The molecule has 1 fully saturated rings. The zero-order valence-corrected chi connectivity index (χ0v) is 14.1. The number of hydrogen-bond acceptors (Lipinski definition) is 2. The average molecular weight is 367 g/mol. The number of sulfonamides is 1. The van der Waals surface area contributed by atoms with Crippen molar-refractivity contribution in [3.05, 3.63) is 27.7 Å². The van der Waals surface area contributed by atoms with Gasteiger partial charge in [0, 0.05) is 17.1 Å². The van der Waals surface area contributed by atoms with E-state index in [1.54, 1.807) is 22.5 Å². The van der Waals surface area contributed by atoms with Crippen LogP contribution in [-0.4, -0.2) is 25.3 Å². The van der Waals surface area contributed by atoms with E-state index in [4.69, 9.17) is 11.6 Å². The maximum atomic E-state index is 12.7. The molecule has 2 rings (SSSR count). The number of hydrogen-bond donors (Lipinski definition) is 0. The number of piperidine rings is 1. The Morgan fingerprint density at radius 1 is 1.37 bits per heavy atom. The van der Waals surface area contributed by atoms with Crippen LogP contribution in [0.1, 0.15) is 26.7 Å². The summed E-state index contributed by atoms with van der Waals surface area (Å²) in [5.41, 5.74) is 0. The van der Waals surface area contributed by atoms with Crippen LogP contribution in [0.2, 0.25) is 5.02 Å². The van der Waals surface area contributed by atoms with Gasteiger partial charge in [-0.1, -0.05) is 18.5 Å². The van der Waals surface area contributed by atoms with Crippen molar-refractivity contribution >= 4 is 37.6 Å². The van der Waals surface area contributed by atoms with Gasteiger partial charge in [-0.15, -0.1) is 0 Å². The smallest absolute Gasteiger partial charge is 0.207 e. The summed E-state index contributed by atoms with van der Waals surface area (Å²) in [7, 11) is -3.44. The van der Waals surface area contributed by atoms with Crippen LogP contribution in [0, 0.1) is 5.92 Å². The lowest BCUT2D eigenvalue weighted by Crippen LogP contribution is -2.45. The lowest BCUT2D eigenvalue weighted by atomic mass is 9.94. The van der Waals surface area contributed by atoms with E-state index in [0.29, 0.717) is 26.9 Å². The molecule has 2 atom stereocenters. The summed E-state index contributed by atoms with van der Waals surface area (Å²) in [6.07, 6.45) is 2.00. The summed E-state index contributed by atoms with van der Waals surface area (Å²) in [4.78, 5) is 0.296. The van der Waals surface area contributed by atoms with E-state index < -0.39 is 10.0 Å². The van der Waals surface area contributed by atoms with Gasteiger partial charge in [-0.05, 0) is 59.8 Å². The topological polar surface area (TPSA) is 37.4 Å². The molecule has 1 aromatic rings. The average Bonchev–Trinajstić information content (AvgIpc) is 2.35. The molecule has 2 unspecified atom stereocenters. The standard InChI is InChI=1S/C13H17BrClNO2S/c1-9-4-3-7-16(10(9)2)19(17,18)11-5-6-13(15)12(14)8-11/h5-6,8-10H,3-4,7H2,1-2H3. The molecular weight excluding hydrogens is 350 g/mol. The molecule has 0 aromatic heterocycles. The lowest BCUT2D eigenvalue weighted by molar-refractivity contribution is 0.202. The van der Waals surface area contributed by atoms with Gasteiger partial charge in [0.2, 0.25) is 10.0 Å². The molecule has 1 aliphatic heterocycles. The van der Waals surface area contributed by atoms with Gasteiger partial charge in [0.25, 0.3) is 0 Å². The van der Waals surface area contributed by atoms with E-state index in [1.807, 2.05) is 6.92 Å². The van der Waals surface area contributed by atoms with Gasteiger partial charge in [-0.25, -0.2) is 8.42 Å². The molecule has 106 valence electrons. The van der Waals surface area contributed by atoms with Gasteiger partial charge in [-0.2, -0.15) is 4.31 Å². The highest BCUT2D eigenvalue weighted by atomic mass is 79.9. The maximum Gasteiger partial charge on any atom is 0.243 e. The van der Waals surface area contributed by atoms with Crippen molar-refractivity contribution in [1.82, 2.24) is 4.31 Å². The normalized spacial score (nSPS) is 25.5. The lowest BCUT2D eigenvalue weighted by Gasteiger charge is -2.36. The molecule has 0 amide bonds. The summed E-state index contributed by atoms with van der Waals surface area (Å²) in [5.74, 6) is 0.388. The van der Waals surface area contributed by atoms with Gasteiger partial charge in [0.15, 0.2) is 0 Å². The van der Waals surface area contributed by atoms with Gasteiger partial charge in [0.1, 0.15) is 0 Å². The monoisotopic (exact) mass is 365 g/mol. The molecule has 0 bridgehead atoms. The molecule has 6 heteroatoms. The van der Waals surface area contributed by atoms with Crippen LogP contribution < -0.4 is 0 Å². The Morgan fingerprint density at radius 2 is 2.05 bits per heavy atom. The number of rotatable bonds is 2. The zero-order valence-electron chi connectivity index (χ0n) is 10.9. The van der Waals surface area contributed by atoms with Crippen LogP contribution in [0.15, 0.2) is 27.6 Å². The molecule has 1 heterocycles. The van der Waals surface area contributed by atoms with Crippen LogP contribution in [-0.2, 0) is 10.0 Å². The molecule has 1 aliphatic rings. The third-order valence-electron chi connectivity index (χ3n) is 3.81. The van der Waals surface area contributed by atoms with Crippen LogP contribution >= 0.6 is 27.5 Å². The Kier molecular flexibility index (Phi) is 4.60. The first-order valence-electron chi connectivity index (χ1n) is 6.31. The molecule has 0 radical (unpaired) electrons. The molecule has 0 aliphatic carbocycles. The van der Waals surface area contributed by atoms with Crippen molar-refractivity contribution in [3.8, 4) is 0 Å². The highest BCUT2D eigenvalue weighted by molar-refractivity contribution is 9.10. The van der Waals surface area contributed by atoms with Gasteiger partial charge >= 0.3 is 0 Å². The predicted molar refractivity (Wildman–Crippen MR) is 80.9 cm³/mol. The highest BCUT2D eigenvalue weighted by Crippen LogP contribution is 2.31. The Bertz CT molecular complexity index is 576. The van der Waals surface area contributed by atoms with Crippen molar-refractivity contribution in [3.63, 3.8) is 0 Å². The second-order valence-corrected chi connectivity index (χ2v) is 8.20. The Balaban J connectivity index is 2.38. The summed E-state index contributed by atoms with van der Waals surface area (Å²) in [6.45, 7) is 4.67. The molecule has 1 saturated heterocycles. The molecular formula is C13H17BrClNO2S. The molecule has 1 aromatic carbocycles. The summed E-state index contributed by atoms with van der Waals surface area (Å²) >= 11 is 9.19. The highest BCUT2D eigenvalue weighted by Gasteiger charge is 2.34. The Labute approximate surface area is 128 Å². The third-order valence-corrected chi connectivity index (χ3v) is 7.01. The molecule has 0 spiro atoms.